The lowest BCUT2D eigenvalue weighted by Crippen LogP contribution is -2.15. The van der Waals surface area contributed by atoms with Gasteiger partial charge in [0.15, 0.2) is 0 Å². The van der Waals surface area contributed by atoms with Crippen LogP contribution in [0.5, 0.6) is 5.75 Å². The van der Waals surface area contributed by atoms with Crippen LogP contribution in [-0.2, 0) is 13.2 Å². The standard InChI is InChI=1S/C20H18F4N4O2/c1-28-17(6-8-26-28)14-11-13(3-5-18(14)30-9-7-25)27-19(29)12-2-4-15(16(21)10-12)20(22,23)24/h2-6,8,10-11H,7,9,25H2,1H3,(H,27,29). The second-order valence-corrected chi connectivity index (χ2v) is 6.33. The monoisotopic (exact) mass is 422 g/mol. The lowest BCUT2D eigenvalue weighted by atomic mass is 10.1. The van der Waals surface area contributed by atoms with Gasteiger partial charge in [-0.05, 0) is 42.5 Å². The molecular formula is C20H18F4N4O2. The molecule has 3 N–H and O–H groups in total. The van der Waals surface area contributed by atoms with E-state index in [4.69, 9.17) is 10.5 Å². The fourth-order valence-electron chi connectivity index (χ4n) is 2.83. The molecule has 0 radical (unpaired) electrons. The lowest BCUT2D eigenvalue weighted by molar-refractivity contribution is -0.140. The Morgan fingerprint density at radius 2 is 1.97 bits per heavy atom. The molecule has 0 aliphatic carbocycles. The third-order valence-electron chi connectivity index (χ3n) is 4.25. The van der Waals surface area contributed by atoms with Crippen molar-refractivity contribution in [2.45, 2.75) is 6.18 Å². The largest absolute Gasteiger partial charge is 0.492 e. The van der Waals surface area contributed by atoms with Crippen molar-refractivity contribution in [1.82, 2.24) is 9.78 Å². The van der Waals surface area contributed by atoms with Gasteiger partial charge in [-0.15, -0.1) is 0 Å². The number of carbonyl (C=O) groups excluding carboxylic acids is 1. The van der Waals surface area contributed by atoms with Gasteiger partial charge in [-0.25, -0.2) is 4.39 Å². The van der Waals surface area contributed by atoms with Crippen LogP contribution in [0.15, 0.2) is 48.7 Å². The molecule has 0 saturated heterocycles. The van der Waals surface area contributed by atoms with Crippen LogP contribution < -0.4 is 15.8 Å². The zero-order valence-corrected chi connectivity index (χ0v) is 15.8. The second-order valence-electron chi connectivity index (χ2n) is 6.33. The molecule has 1 aromatic heterocycles. The molecule has 1 heterocycles. The lowest BCUT2D eigenvalue weighted by Gasteiger charge is -2.14. The molecule has 158 valence electrons. The van der Waals surface area contributed by atoms with E-state index in [0.29, 0.717) is 41.4 Å². The fourth-order valence-corrected chi connectivity index (χ4v) is 2.83. The average Bonchev–Trinajstić information content (AvgIpc) is 3.11. The zero-order chi connectivity index (χ0) is 21.9. The van der Waals surface area contributed by atoms with E-state index in [1.54, 1.807) is 42.2 Å². The molecule has 30 heavy (non-hydrogen) atoms. The fraction of sp³-hybridized carbons (Fsp3) is 0.200. The van der Waals surface area contributed by atoms with Crippen molar-refractivity contribution in [3.63, 3.8) is 0 Å². The van der Waals surface area contributed by atoms with Crippen LogP contribution in [0.1, 0.15) is 15.9 Å². The van der Waals surface area contributed by atoms with Gasteiger partial charge in [0.2, 0.25) is 0 Å². The van der Waals surface area contributed by atoms with E-state index >= 15 is 0 Å². The number of nitrogens with zero attached hydrogens (tertiary/aromatic N) is 2. The van der Waals surface area contributed by atoms with Crippen molar-refractivity contribution < 1.29 is 27.1 Å². The predicted molar refractivity (Wildman–Crippen MR) is 103 cm³/mol. The van der Waals surface area contributed by atoms with Crippen LogP contribution in [0.25, 0.3) is 11.3 Å². The maximum atomic E-state index is 13.8. The normalized spacial score (nSPS) is 11.4. The maximum Gasteiger partial charge on any atom is 0.419 e. The number of rotatable bonds is 6. The molecule has 0 fully saturated rings. The van der Waals surface area contributed by atoms with Crippen molar-refractivity contribution >= 4 is 11.6 Å². The summed E-state index contributed by atoms with van der Waals surface area (Å²) in [4.78, 5) is 12.4. The first-order valence-electron chi connectivity index (χ1n) is 8.84. The summed E-state index contributed by atoms with van der Waals surface area (Å²) < 4.78 is 59.1. The average molecular weight is 422 g/mol. The summed E-state index contributed by atoms with van der Waals surface area (Å²) in [5.74, 6) is -1.76. The van der Waals surface area contributed by atoms with Crippen molar-refractivity contribution in [1.29, 1.82) is 0 Å². The minimum atomic E-state index is -4.84. The summed E-state index contributed by atoms with van der Waals surface area (Å²) >= 11 is 0. The number of hydrogen-bond acceptors (Lipinski definition) is 4. The highest BCUT2D eigenvalue weighted by Crippen LogP contribution is 2.33. The number of nitrogens with one attached hydrogen (secondary N) is 1. The van der Waals surface area contributed by atoms with Gasteiger partial charge in [-0.2, -0.15) is 18.3 Å². The molecule has 3 aromatic rings. The van der Waals surface area contributed by atoms with E-state index in [9.17, 15) is 22.4 Å². The van der Waals surface area contributed by atoms with E-state index in [0.717, 1.165) is 6.07 Å². The number of aromatic nitrogens is 2. The van der Waals surface area contributed by atoms with Gasteiger partial charge in [-0.3, -0.25) is 9.48 Å². The Morgan fingerprint density at radius 3 is 2.57 bits per heavy atom. The van der Waals surface area contributed by atoms with E-state index in [2.05, 4.69) is 10.4 Å². The highest BCUT2D eigenvalue weighted by Gasteiger charge is 2.34. The molecule has 3 rings (SSSR count). The molecule has 0 aliphatic rings. The molecule has 0 atom stereocenters. The van der Waals surface area contributed by atoms with Gasteiger partial charge >= 0.3 is 6.18 Å². The summed E-state index contributed by atoms with van der Waals surface area (Å²) in [5, 5.41) is 6.66. The first-order valence-corrected chi connectivity index (χ1v) is 8.84. The van der Waals surface area contributed by atoms with Gasteiger partial charge in [0.05, 0.1) is 11.3 Å². The number of ether oxygens (including phenoxy) is 1. The SMILES string of the molecule is Cn1nccc1-c1cc(NC(=O)c2ccc(C(F)(F)F)c(F)c2)ccc1OCCN. The Morgan fingerprint density at radius 1 is 1.20 bits per heavy atom. The zero-order valence-electron chi connectivity index (χ0n) is 15.8. The Bertz CT molecular complexity index is 1060. The van der Waals surface area contributed by atoms with Crippen molar-refractivity contribution in [2.75, 3.05) is 18.5 Å². The summed E-state index contributed by atoms with van der Waals surface area (Å²) in [6.07, 6.45) is -3.24. The highest BCUT2D eigenvalue weighted by molar-refractivity contribution is 6.04. The quantitative estimate of drug-likeness (QED) is 0.592. The minimum absolute atomic E-state index is 0.244. The summed E-state index contributed by atoms with van der Waals surface area (Å²) in [6, 6.07) is 8.57. The number of alkyl halides is 3. The van der Waals surface area contributed by atoms with E-state index in [-0.39, 0.29) is 12.2 Å². The first-order chi connectivity index (χ1) is 14.2. The van der Waals surface area contributed by atoms with E-state index in [1.807, 2.05) is 0 Å². The van der Waals surface area contributed by atoms with Gasteiger partial charge in [-0.1, -0.05) is 0 Å². The number of amides is 1. The molecule has 2 aromatic carbocycles. The summed E-state index contributed by atoms with van der Waals surface area (Å²) in [5.41, 5.74) is 5.48. The molecule has 0 unspecified atom stereocenters. The number of hydrogen-bond donors (Lipinski definition) is 2. The van der Waals surface area contributed by atoms with Crippen LogP contribution in [0.3, 0.4) is 0 Å². The number of benzene rings is 2. The van der Waals surface area contributed by atoms with Gasteiger partial charge in [0.1, 0.15) is 18.2 Å². The second kappa shape index (κ2) is 8.54. The molecule has 10 heteroatoms. The summed E-state index contributed by atoms with van der Waals surface area (Å²) in [6.45, 7) is 0.587. The summed E-state index contributed by atoms with van der Waals surface area (Å²) in [7, 11) is 1.73. The van der Waals surface area contributed by atoms with Crippen LogP contribution in [0.2, 0.25) is 0 Å². The topological polar surface area (TPSA) is 82.2 Å². The number of nitrogens with two attached hydrogens (primary N) is 1. The maximum absolute atomic E-state index is 13.8. The molecule has 0 bridgehead atoms. The predicted octanol–water partition coefficient (Wildman–Crippen LogP) is 3.83. The van der Waals surface area contributed by atoms with Gasteiger partial charge in [0, 0.05) is 36.6 Å². The smallest absolute Gasteiger partial charge is 0.419 e. The van der Waals surface area contributed by atoms with Crippen molar-refractivity contribution in [3.8, 4) is 17.0 Å². The van der Waals surface area contributed by atoms with Crippen molar-refractivity contribution in [2.24, 2.45) is 12.8 Å². The number of aryl methyl sites for hydroxylation is 1. The Kier molecular flexibility index (Phi) is 6.06. The van der Waals surface area contributed by atoms with Gasteiger partial charge < -0.3 is 15.8 Å². The molecule has 0 saturated carbocycles. The van der Waals surface area contributed by atoms with Crippen LogP contribution in [0.4, 0.5) is 23.2 Å². The molecule has 6 nitrogen and oxygen atoms in total. The van der Waals surface area contributed by atoms with Crippen LogP contribution >= 0.6 is 0 Å². The molecule has 0 spiro atoms. The third-order valence-corrected chi connectivity index (χ3v) is 4.25. The van der Waals surface area contributed by atoms with E-state index < -0.39 is 23.5 Å². The molecule has 0 aliphatic heterocycles. The Balaban J connectivity index is 1.89. The molecule has 1 amide bonds. The number of carbonyl (C=O) groups is 1. The van der Waals surface area contributed by atoms with E-state index in [1.165, 1.54) is 0 Å². The van der Waals surface area contributed by atoms with Crippen LogP contribution in [0, 0.1) is 5.82 Å². The third kappa shape index (κ3) is 4.60. The first kappa shape index (κ1) is 21.3. The molecular weight excluding hydrogens is 404 g/mol. The highest BCUT2D eigenvalue weighted by atomic mass is 19.4. The minimum Gasteiger partial charge on any atom is -0.492 e. The van der Waals surface area contributed by atoms with Gasteiger partial charge in [0.25, 0.3) is 5.91 Å². The Labute approximate surface area is 169 Å². The number of halogens is 4. The Hall–Kier alpha value is -3.40. The number of anilines is 1. The van der Waals surface area contributed by atoms with Crippen LogP contribution in [-0.4, -0.2) is 28.8 Å². The van der Waals surface area contributed by atoms with Crippen molar-refractivity contribution in [3.05, 3.63) is 65.6 Å².